The van der Waals surface area contributed by atoms with Gasteiger partial charge in [0.25, 0.3) is 0 Å². The molecule has 25 heavy (non-hydrogen) atoms. The normalized spacial score (nSPS) is 11.8. The maximum atomic E-state index is 12.3. The first-order valence-electron chi connectivity index (χ1n) is 8.04. The summed E-state index contributed by atoms with van der Waals surface area (Å²) in [4.78, 5) is 12.3. The van der Waals surface area contributed by atoms with Crippen LogP contribution in [0.2, 0.25) is 0 Å². The van der Waals surface area contributed by atoms with Gasteiger partial charge >= 0.3 is 5.63 Å². The summed E-state index contributed by atoms with van der Waals surface area (Å²) in [6, 6.07) is 23.3. The Kier molecular flexibility index (Phi) is 3.78. The number of para-hydroxylation sites is 1. The molecule has 1 heterocycles. The SMILES string of the molecule is C/C(=N\Nc1ccccc1)c1cc2c(ccc3ccccc32)oc1=O. The first kappa shape index (κ1) is 15.1. The van der Waals surface area contributed by atoms with Crippen molar-refractivity contribution in [1.29, 1.82) is 0 Å². The maximum Gasteiger partial charge on any atom is 0.345 e. The first-order chi connectivity index (χ1) is 12.2. The summed E-state index contributed by atoms with van der Waals surface area (Å²) in [5.74, 6) is 0. The summed E-state index contributed by atoms with van der Waals surface area (Å²) < 4.78 is 5.51. The zero-order chi connectivity index (χ0) is 17.2. The van der Waals surface area contributed by atoms with Crippen molar-refractivity contribution in [3.63, 3.8) is 0 Å². The van der Waals surface area contributed by atoms with Crippen LogP contribution in [0.15, 0.2) is 87.1 Å². The zero-order valence-electron chi connectivity index (χ0n) is 13.7. The number of benzene rings is 3. The third-order valence-corrected chi connectivity index (χ3v) is 4.16. The first-order valence-corrected chi connectivity index (χ1v) is 8.04. The molecule has 0 amide bonds. The van der Waals surface area contributed by atoms with Crippen LogP contribution in [0.1, 0.15) is 12.5 Å². The fourth-order valence-electron chi connectivity index (χ4n) is 2.85. The molecule has 0 atom stereocenters. The number of nitrogens with one attached hydrogen (secondary N) is 1. The Morgan fingerprint density at radius 2 is 1.68 bits per heavy atom. The number of fused-ring (bicyclic) bond motifs is 3. The van der Waals surface area contributed by atoms with Gasteiger partial charge in [0, 0.05) is 5.39 Å². The highest BCUT2D eigenvalue weighted by Crippen LogP contribution is 2.25. The monoisotopic (exact) mass is 328 g/mol. The lowest BCUT2D eigenvalue weighted by Crippen LogP contribution is -2.13. The van der Waals surface area contributed by atoms with Crippen molar-refractivity contribution >= 4 is 33.1 Å². The molecule has 122 valence electrons. The third-order valence-electron chi connectivity index (χ3n) is 4.16. The minimum absolute atomic E-state index is 0.390. The Morgan fingerprint density at radius 1 is 0.920 bits per heavy atom. The van der Waals surface area contributed by atoms with Crippen molar-refractivity contribution in [3.05, 3.63) is 88.8 Å². The average molecular weight is 328 g/mol. The summed E-state index contributed by atoms with van der Waals surface area (Å²) in [6.45, 7) is 1.79. The van der Waals surface area contributed by atoms with Gasteiger partial charge in [-0.05, 0) is 42.0 Å². The number of nitrogens with zero attached hydrogens (tertiary/aromatic N) is 1. The van der Waals surface area contributed by atoms with Gasteiger partial charge in [0.15, 0.2) is 0 Å². The number of rotatable bonds is 3. The maximum absolute atomic E-state index is 12.3. The second-order valence-corrected chi connectivity index (χ2v) is 5.82. The number of hydrogen-bond donors (Lipinski definition) is 1. The number of anilines is 1. The fraction of sp³-hybridized carbons (Fsp3) is 0.0476. The van der Waals surface area contributed by atoms with Gasteiger partial charge in [0.2, 0.25) is 0 Å². The van der Waals surface area contributed by atoms with E-state index in [0.717, 1.165) is 21.8 Å². The Morgan fingerprint density at radius 3 is 2.52 bits per heavy atom. The van der Waals surface area contributed by atoms with Crippen LogP contribution in [0.25, 0.3) is 21.7 Å². The molecule has 1 aromatic heterocycles. The average Bonchev–Trinajstić information content (AvgIpc) is 2.66. The Labute approximate surface area is 144 Å². The van der Waals surface area contributed by atoms with E-state index in [2.05, 4.69) is 10.5 Å². The lowest BCUT2D eigenvalue weighted by molar-refractivity contribution is 0.559. The van der Waals surface area contributed by atoms with Gasteiger partial charge in [0.05, 0.1) is 17.0 Å². The van der Waals surface area contributed by atoms with Crippen LogP contribution >= 0.6 is 0 Å². The molecule has 0 saturated heterocycles. The molecule has 0 unspecified atom stereocenters. The van der Waals surface area contributed by atoms with E-state index in [4.69, 9.17) is 4.42 Å². The van der Waals surface area contributed by atoms with Crippen LogP contribution < -0.4 is 11.1 Å². The zero-order valence-corrected chi connectivity index (χ0v) is 13.7. The summed E-state index contributed by atoms with van der Waals surface area (Å²) in [7, 11) is 0. The van der Waals surface area contributed by atoms with E-state index in [0.29, 0.717) is 16.9 Å². The molecule has 4 rings (SSSR count). The Bertz CT molecular complexity index is 1140. The minimum atomic E-state index is -0.390. The minimum Gasteiger partial charge on any atom is -0.422 e. The van der Waals surface area contributed by atoms with Crippen molar-refractivity contribution in [2.45, 2.75) is 6.92 Å². The van der Waals surface area contributed by atoms with Gasteiger partial charge < -0.3 is 4.42 Å². The molecule has 4 aromatic rings. The smallest absolute Gasteiger partial charge is 0.345 e. The number of hydrogen-bond acceptors (Lipinski definition) is 4. The van der Waals surface area contributed by atoms with E-state index >= 15 is 0 Å². The second kappa shape index (κ2) is 6.24. The van der Waals surface area contributed by atoms with Crippen molar-refractivity contribution in [2.24, 2.45) is 5.10 Å². The van der Waals surface area contributed by atoms with Crippen molar-refractivity contribution < 1.29 is 4.42 Å². The predicted octanol–water partition coefficient (Wildman–Crippen LogP) is 4.78. The van der Waals surface area contributed by atoms with Gasteiger partial charge in [-0.1, -0.05) is 48.5 Å². The van der Waals surface area contributed by atoms with Gasteiger partial charge in [-0.2, -0.15) is 5.10 Å². The molecule has 0 spiro atoms. The molecule has 0 saturated carbocycles. The van der Waals surface area contributed by atoms with Gasteiger partial charge in [-0.25, -0.2) is 4.79 Å². The molecule has 4 heteroatoms. The molecule has 1 N–H and O–H groups in total. The molecule has 3 aromatic carbocycles. The molecule has 0 bridgehead atoms. The van der Waals surface area contributed by atoms with Crippen LogP contribution in [0.4, 0.5) is 5.69 Å². The molecular weight excluding hydrogens is 312 g/mol. The lowest BCUT2D eigenvalue weighted by atomic mass is 10.0. The van der Waals surface area contributed by atoms with Gasteiger partial charge in [-0.15, -0.1) is 0 Å². The molecule has 0 fully saturated rings. The predicted molar refractivity (Wildman–Crippen MR) is 102 cm³/mol. The van der Waals surface area contributed by atoms with Crippen molar-refractivity contribution in [3.8, 4) is 0 Å². The third kappa shape index (κ3) is 2.90. The Hall–Kier alpha value is -3.40. The van der Waals surface area contributed by atoms with Crippen LogP contribution in [0, 0.1) is 0 Å². The molecular formula is C21H16N2O2. The molecule has 0 aliphatic heterocycles. The number of hydrazone groups is 1. The lowest BCUT2D eigenvalue weighted by Gasteiger charge is -2.06. The van der Waals surface area contributed by atoms with Crippen molar-refractivity contribution in [2.75, 3.05) is 5.43 Å². The van der Waals surface area contributed by atoms with Crippen molar-refractivity contribution in [1.82, 2.24) is 0 Å². The van der Waals surface area contributed by atoms with Crippen LogP contribution in [-0.2, 0) is 0 Å². The second-order valence-electron chi connectivity index (χ2n) is 5.82. The molecule has 0 aliphatic carbocycles. The van der Waals surface area contributed by atoms with Gasteiger partial charge in [0.1, 0.15) is 5.58 Å². The van der Waals surface area contributed by atoms with Crippen LogP contribution in [0.5, 0.6) is 0 Å². The van der Waals surface area contributed by atoms with Crippen LogP contribution in [-0.4, -0.2) is 5.71 Å². The van der Waals surface area contributed by atoms with E-state index in [9.17, 15) is 4.79 Å². The fourth-order valence-corrected chi connectivity index (χ4v) is 2.85. The summed E-state index contributed by atoms with van der Waals surface area (Å²) in [6.07, 6.45) is 0. The standard InChI is InChI=1S/C21H16N2O2/c1-14(22-23-16-8-3-2-4-9-16)18-13-19-17-10-6-5-7-15(17)11-12-20(19)25-21(18)24/h2-13,23H,1H3/b22-14+. The van der Waals surface area contributed by atoms with E-state index in [1.165, 1.54) is 0 Å². The highest BCUT2D eigenvalue weighted by atomic mass is 16.4. The van der Waals surface area contributed by atoms with E-state index in [1.807, 2.05) is 72.8 Å². The van der Waals surface area contributed by atoms with E-state index in [-0.39, 0.29) is 5.63 Å². The highest BCUT2D eigenvalue weighted by molar-refractivity contribution is 6.08. The quantitative estimate of drug-likeness (QED) is 0.255. The largest absolute Gasteiger partial charge is 0.422 e. The molecule has 4 nitrogen and oxygen atoms in total. The van der Waals surface area contributed by atoms with E-state index in [1.54, 1.807) is 6.92 Å². The van der Waals surface area contributed by atoms with Gasteiger partial charge in [-0.3, -0.25) is 5.43 Å². The topological polar surface area (TPSA) is 54.6 Å². The van der Waals surface area contributed by atoms with Crippen LogP contribution in [0.3, 0.4) is 0 Å². The molecule has 0 aliphatic rings. The Balaban J connectivity index is 1.82. The summed E-state index contributed by atoms with van der Waals surface area (Å²) in [5.41, 5.74) is 5.04. The summed E-state index contributed by atoms with van der Waals surface area (Å²) >= 11 is 0. The summed E-state index contributed by atoms with van der Waals surface area (Å²) in [5, 5.41) is 7.38. The molecule has 0 radical (unpaired) electrons. The highest BCUT2D eigenvalue weighted by Gasteiger charge is 2.10. The van der Waals surface area contributed by atoms with E-state index < -0.39 is 0 Å².